The highest BCUT2D eigenvalue weighted by Gasteiger charge is 2.15. The molecule has 2 heteroatoms. The summed E-state index contributed by atoms with van der Waals surface area (Å²) in [5, 5.41) is 3.34. The van der Waals surface area contributed by atoms with E-state index in [0.717, 1.165) is 5.56 Å². The molecule has 2 aromatic rings. The van der Waals surface area contributed by atoms with Crippen LogP contribution in [0.1, 0.15) is 39.4 Å². The number of rotatable bonds is 3. The Morgan fingerprint density at radius 3 is 1.70 bits per heavy atom. The first-order valence-corrected chi connectivity index (χ1v) is 6.94. The summed E-state index contributed by atoms with van der Waals surface area (Å²) in [6.45, 7) is 7.84. The number of nitrogens with one attached hydrogen (secondary N) is 1. The molecule has 0 spiro atoms. The third-order valence-electron chi connectivity index (χ3n) is 3.66. The summed E-state index contributed by atoms with van der Waals surface area (Å²) in [5.74, 6) is -0.107. The van der Waals surface area contributed by atoms with Gasteiger partial charge in [-0.15, -0.1) is 0 Å². The van der Waals surface area contributed by atoms with Crippen molar-refractivity contribution in [2.75, 3.05) is 7.05 Å². The minimum atomic E-state index is -0.107. The molecule has 0 radical (unpaired) electrons. The topological polar surface area (TPSA) is 12.0 Å². The number of benzene rings is 2. The molecule has 0 bridgehead atoms. The van der Waals surface area contributed by atoms with Gasteiger partial charge in [0.05, 0.1) is 6.04 Å². The summed E-state index contributed by atoms with van der Waals surface area (Å²) in [4.78, 5) is 0. The molecule has 20 heavy (non-hydrogen) atoms. The molecule has 0 aliphatic heterocycles. The second kappa shape index (κ2) is 5.76. The van der Waals surface area contributed by atoms with E-state index >= 15 is 0 Å². The largest absolute Gasteiger partial charge is 0.309 e. The fraction of sp³-hybridized carbons (Fsp3) is 0.333. The first kappa shape index (κ1) is 14.7. The minimum absolute atomic E-state index is 0.0894. The van der Waals surface area contributed by atoms with Gasteiger partial charge in [-0.25, -0.2) is 4.39 Å². The van der Waals surface area contributed by atoms with Crippen molar-refractivity contribution < 1.29 is 4.39 Å². The molecule has 1 N–H and O–H groups in total. The molecule has 0 amide bonds. The lowest BCUT2D eigenvalue weighted by atomic mass is 9.93. The van der Waals surface area contributed by atoms with Crippen molar-refractivity contribution >= 4 is 0 Å². The highest BCUT2D eigenvalue weighted by atomic mass is 19.1. The van der Waals surface area contributed by atoms with E-state index in [2.05, 4.69) is 37.4 Å². The molecule has 0 aliphatic carbocycles. The molecule has 0 aliphatic rings. The van der Waals surface area contributed by atoms with Crippen LogP contribution in [0.2, 0.25) is 0 Å². The van der Waals surface area contributed by atoms with E-state index in [1.54, 1.807) is 0 Å². The number of hydrogen-bond donors (Lipinski definition) is 1. The average molecular weight is 271 g/mol. The Kier molecular flexibility index (Phi) is 4.24. The first-order chi connectivity index (χ1) is 9.42. The maximum absolute atomic E-state index is 13.8. The molecular formula is C18H22FN. The van der Waals surface area contributed by atoms with Crippen LogP contribution in [0.4, 0.5) is 4.39 Å². The Morgan fingerprint density at radius 1 is 0.800 bits per heavy atom. The molecule has 2 aromatic carbocycles. The van der Waals surface area contributed by atoms with Gasteiger partial charge in [0.25, 0.3) is 0 Å². The SMILES string of the molecule is CNC(c1cc(C)cc(C)c1)c1cc(C)c(F)c(C)c1. The molecule has 0 fully saturated rings. The maximum Gasteiger partial charge on any atom is 0.129 e. The summed E-state index contributed by atoms with van der Waals surface area (Å²) in [7, 11) is 1.94. The van der Waals surface area contributed by atoms with Crippen molar-refractivity contribution in [2.24, 2.45) is 0 Å². The molecular weight excluding hydrogens is 249 g/mol. The molecule has 0 saturated heterocycles. The number of halogens is 1. The second-order valence-corrected chi connectivity index (χ2v) is 5.61. The lowest BCUT2D eigenvalue weighted by Gasteiger charge is -2.20. The zero-order chi connectivity index (χ0) is 14.9. The van der Waals surface area contributed by atoms with E-state index in [-0.39, 0.29) is 11.9 Å². The van der Waals surface area contributed by atoms with Crippen LogP contribution in [0.15, 0.2) is 30.3 Å². The summed E-state index contributed by atoms with van der Waals surface area (Å²) in [6.07, 6.45) is 0. The van der Waals surface area contributed by atoms with Gasteiger partial charge in [0.15, 0.2) is 0 Å². The maximum atomic E-state index is 13.8. The lowest BCUT2D eigenvalue weighted by molar-refractivity contribution is 0.604. The van der Waals surface area contributed by atoms with Crippen molar-refractivity contribution in [3.8, 4) is 0 Å². The molecule has 2 rings (SSSR count). The first-order valence-electron chi connectivity index (χ1n) is 6.94. The zero-order valence-electron chi connectivity index (χ0n) is 12.8. The molecule has 1 nitrogen and oxygen atoms in total. The average Bonchev–Trinajstić information content (AvgIpc) is 2.35. The van der Waals surface area contributed by atoms with Crippen LogP contribution in [0.5, 0.6) is 0 Å². The Bertz CT molecular complexity index is 588. The Morgan fingerprint density at radius 2 is 1.25 bits per heavy atom. The molecule has 1 atom stereocenters. The Balaban J connectivity index is 2.52. The number of aryl methyl sites for hydroxylation is 4. The monoisotopic (exact) mass is 271 g/mol. The van der Waals surface area contributed by atoms with E-state index in [1.807, 2.05) is 33.0 Å². The molecule has 0 saturated carbocycles. The quantitative estimate of drug-likeness (QED) is 0.874. The normalized spacial score (nSPS) is 12.5. The third-order valence-corrected chi connectivity index (χ3v) is 3.66. The molecule has 0 heterocycles. The Hall–Kier alpha value is -1.67. The van der Waals surface area contributed by atoms with Crippen molar-refractivity contribution in [2.45, 2.75) is 33.7 Å². The van der Waals surface area contributed by atoms with E-state index < -0.39 is 0 Å². The van der Waals surface area contributed by atoms with Crippen LogP contribution in [-0.4, -0.2) is 7.05 Å². The molecule has 0 aromatic heterocycles. The third kappa shape index (κ3) is 2.91. The Labute approximate surface area is 120 Å². The van der Waals surface area contributed by atoms with Crippen LogP contribution in [0.3, 0.4) is 0 Å². The van der Waals surface area contributed by atoms with E-state index in [9.17, 15) is 4.39 Å². The van der Waals surface area contributed by atoms with Crippen molar-refractivity contribution in [3.63, 3.8) is 0 Å². The van der Waals surface area contributed by atoms with E-state index in [4.69, 9.17) is 0 Å². The van der Waals surface area contributed by atoms with Crippen molar-refractivity contribution in [1.82, 2.24) is 5.32 Å². The molecule has 1 unspecified atom stereocenters. The summed E-state index contributed by atoms with van der Waals surface area (Å²) in [6, 6.07) is 10.5. The summed E-state index contributed by atoms with van der Waals surface area (Å²) < 4.78 is 13.8. The lowest BCUT2D eigenvalue weighted by Crippen LogP contribution is -2.18. The standard InChI is InChI=1S/C18H22FN/c1-11-6-12(2)8-15(7-11)18(20-5)16-9-13(3)17(19)14(4)10-16/h6-10,18,20H,1-5H3. The van der Waals surface area contributed by atoms with Gasteiger partial charge in [0.2, 0.25) is 0 Å². The summed E-state index contributed by atoms with van der Waals surface area (Å²) in [5.41, 5.74) is 6.21. The van der Waals surface area contributed by atoms with Gasteiger partial charge in [-0.2, -0.15) is 0 Å². The highest BCUT2D eigenvalue weighted by molar-refractivity contribution is 5.40. The van der Waals surface area contributed by atoms with Gasteiger partial charge in [-0.1, -0.05) is 41.5 Å². The predicted octanol–water partition coefficient (Wildman–Crippen LogP) is 4.37. The van der Waals surface area contributed by atoms with Gasteiger partial charge in [0, 0.05) is 0 Å². The van der Waals surface area contributed by atoms with E-state index in [1.165, 1.54) is 16.7 Å². The highest BCUT2D eigenvalue weighted by Crippen LogP contribution is 2.26. The molecule has 106 valence electrons. The predicted molar refractivity (Wildman–Crippen MR) is 82.7 cm³/mol. The fourth-order valence-electron chi connectivity index (χ4n) is 2.85. The summed E-state index contributed by atoms with van der Waals surface area (Å²) >= 11 is 0. The smallest absolute Gasteiger partial charge is 0.129 e. The van der Waals surface area contributed by atoms with Crippen LogP contribution < -0.4 is 5.32 Å². The van der Waals surface area contributed by atoms with Crippen LogP contribution in [0, 0.1) is 33.5 Å². The van der Waals surface area contributed by atoms with Gasteiger partial charge >= 0.3 is 0 Å². The minimum Gasteiger partial charge on any atom is -0.309 e. The van der Waals surface area contributed by atoms with Crippen LogP contribution in [-0.2, 0) is 0 Å². The van der Waals surface area contributed by atoms with Gasteiger partial charge < -0.3 is 5.32 Å². The zero-order valence-corrected chi connectivity index (χ0v) is 12.8. The number of hydrogen-bond acceptors (Lipinski definition) is 1. The fourth-order valence-corrected chi connectivity index (χ4v) is 2.85. The van der Waals surface area contributed by atoms with Gasteiger partial charge in [0.1, 0.15) is 5.82 Å². The van der Waals surface area contributed by atoms with Crippen LogP contribution >= 0.6 is 0 Å². The van der Waals surface area contributed by atoms with Crippen molar-refractivity contribution in [3.05, 3.63) is 69.5 Å². The van der Waals surface area contributed by atoms with Crippen molar-refractivity contribution in [1.29, 1.82) is 0 Å². The van der Waals surface area contributed by atoms with Gasteiger partial charge in [-0.05, 0) is 57.0 Å². The second-order valence-electron chi connectivity index (χ2n) is 5.61. The van der Waals surface area contributed by atoms with E-state index in [0.29, 0.717) is 11.1 Å². The van der Waals surface area contributed by atoms with Gasteiger partial charge in [-0.3, -0.25) is 0 Å². The van der Waals surface area contributed by atoms with Crippen LogP contribution in [0.25, 0.3) is 0 Å².